The molecular formula is C22H28N3O8P. The Bertz CT molecular complexity index is 1140. The number of phenols is 2. The Balaban J connectivity index is 1.99. The van der Waals surface area contributed by atoms with Crippen molar-refractivity contribution in [3.05, 3.63) is 46.5 Å². The van der Waals surface area contributed by atoms with Crippen LogP contribution in [-0.2, 0) is 9.09 Å². The molecule has 3 rings (SSSR count). The zero-order valence-electron chi connectivity index (χ0n) is 18.6. The maximum absolute atomic E-state index is 13.4. The summed E-state index contributed by atoms with van der Waals surface area (Å²) >= 11 is 0. The molecule has 0 saturated carbocycles. The maximum atomic E-state index is 13.4. The molecule has 0 saturated heterocycles. The minimum Gasteiger partial charge on any atom is -0.507 e. The lowest BCUT2D eigenvalue weighted by Gasteiger charge is -2.25. The molecule has 184 valence electrons. The van der Waals surface area contributed by atoms with Crippen molar-refractivity contribution in [3.63, 3.8) is 0 Å². The molecule has 2 aromatic carbocycles. The third-order valence-electron chi connectivity index (χ3n) is 5.22. The van der Waals surface area contributed by atoms with Gasteiger partial charge in [0.2, 0.25) is 11.6 Å². The minimum atomic E-state index is -3.81. The summed E-state index contributed by atoms with van der Waals surface area (Å²) in [6.07, 6.45) is -0.225. The molecule has 2 aromatic rings. The molecule has 0 radical (unpaired) electrons. The Labute approximate surface area is 196 Å². The van der Waals surface area contributed by atoms with E-state index in [9.17, 15) is 29.3 Å². The van der Waals surface area contributed by atoms with E-state index in [4.69, 9.17) is 9.63 Å². The highest BCUT2D eigenvalue weighted by molar-refractivity contribution is 7.52. The molecule has 11 nitrogen and oxygen atoms in total. The topological polar surface area (TPSA) is 177 Å². The lowest BCUT2D eigenvalue weighted by atomic mass is 9.81. The lowest BCUT2D eigenvalue weighted by Crippen LogP contribution is -2.27. The van der Waals surface area contributed by atoms with Gasteiger partial charge in [0.25, 0.3) is 0 Å². The van der Waals surface area contributed by atoms with Crippen molar-refractivity contribution in [2.45, 2.75) is 6.92 Å². The van der Waals surface area contributed by atoms with E-state index in [0.29, 0.717) is 25.3 Å². The van der Waals surface area contributed by atoms with Gasteiger partial charge in [0.05, 0.1) is 41.6 Å². The Morgan fingerprint density at radius 1 is 0.824 bits per heavy atom. The number of aromatic hydroxyl groups is 2. The molecule has 0 spiro atoms. The van der Waals surface area contributed by atoms with Crippen molar-refractivity contribution in [1.29, 1.82) is 0 Å². The molecule has 1 aliphatic carbocycles. The number of hydrogen-bond acceptors (Lipinski definition) is 10. The number of ketones is 2. The van der Waals surface area contributed by atoms with Crippen LogP contribution in [0.5, 0.6) is 11.5 Å². The second kappa shape index (κ2) is 11.0. The highest BCUT2D eigenvalue weighted by Gasteiger charge is 2.38. The van der Waals surface area contributed by atoms with Gasteiger partial charge in [-0.1, -0.05) is 0 Å². The van der Waals surface area contributed by atoms with E-state index in [1.165, 1.54) is 0 Å². The fourth-order valence-electron chi connectivity index (χ4n) is 3.75. The van der Waals surface area contributed by atoms with E-state index in [1.54, 1.807) is 19.1 Å². The molecule has 0 aliphatic heterocycles. The number of carbonyl (C=O) groups excluding carboxylic acids is 2. The van der Waals surface area contributed by atoms with Gasteiger partial charge in [0, 0.05) is 37.6 Å². The van der Waals surface area contributed by atoms with Gasteiger partial charge in [-0.15, -0.1) is 0 Å². The van der Waals surface area contributed by atoms with E-state index in [2.05, 4.69) is 16.0 Å². The number of aliphatic hydroxyl groups excluding tert-OH is 1. The molecule has 0 heterocycles. The van der Waals surface area contributed by atoms with Crippen LogP contribution >= 0.6 is 7.60 Å². The molecule has 7 N–H and O–H groups in total. The lowest BCUT2D eigenvalue weighted by molar-refractivity contribution is 0.0975. The number of benzene rings is 2. The van der Waals surface area contributed by atoms with E-state index < -0.39 is 30.7 Å². The van der Waals surface area contributed by atoms with Gasteiger partial charge in [-0.25, -0.2) is 0 Å². The van der Waals surface area contributed by atoms with Gasteiger partial charge < -0.3 is 40.7 Å². The summed E-state index contributed by atoms with van der Waals surface area (Å²) in [5.74, 6) is -2.18. The van der Waals surface area contributed by atoms with Gasteiger partial charge in [0.1, 0.15) is 11.5 Å². The van der Waals surface area contributed by atoms with Crippen molar-refractivity contribution in [3.8, 4) is 11.5 Å². The van der Waals surface area contributed by atoms with Crippen LogP contribution in [0.15, 0.2) is 24.3 Å². The average Bonchev–Trinajstić information content (AvgIpc) is 2.79. The average molecular weight is 493 g/mol. The van der Waals surface area contributed by atoms with Crippen molar-refractivity contribution in [2.75, 3.05) is 56.2 Å². The highest BCUT2D eigenvalue weighted by atomic mass is 31.2. The molecule has 1 unspecified atom stereocenters. The first kappa shape index (κ1) is 25.7. The first-order valence-corrected chi connectivity index (χ1v) is 12.5. The Morgan fingerprint density at radius 2 is 1.35 bits per heavy atom. The van der Waals surface area contributed by atoms with Crippen LogP contribution in [0.2, 0.25) is 0 Å². The number of hydrogen-bond donors (Lipinski definition) is 7. The second-order valence-electron chi connectivity index (χ2n) is 7.53. The van der Waals surface area contributed by atoms with Gasteiger partial charge >= 0.3 is 7.60 Å². The summed E-state index contributed by atoms with van der Waals surface area (Å²) in [4.78, 5) is 36.6. The number of fused-ring (bicyclic) bond motifs is 2. The summed E-state index contributed by atoms with van der Waals surface area (Å²) in [5, 5.41) is 38.4. The molecular weight excluding hydrogens is 465 g/mol. The fourth-order valence-corrected chi connectivity index (χ4v) is 4.67. The van der Waals surface area contributed by atoms with Crippen molar-refractivity contribution >= 4 is 30.5 Å². The van der Waals surface area contributed by atoms with E-state index >= 15 is 0 Å². The zero-order valence-corrected chi connectivity index (χ0v) is 19.5. The van der Waals surface area contributed by atoms with Crippen LogP contribution in [-0.4, -0.2) is 77.3 Å². The Morgan fingerprint density at radius 3 is 1.85 bits per heavy atom. The Kier molecular flexibility index (Phi) is 8.29. The molecule has 1 aliphatic rings. The molecule has 1 atom stereocenters. The third-order valence-corrected chi connectivity index (χ3v) is 6.67. The van der Waals surface area contributed by atoms with Gasteiger partial charge in [-0.3, -0.25) is 14.2 Å². The number of carbonyl (C=O) groups is 2. The maximum Gasteiger partial charge on any atom is 0.329 e. The molecule has 0 aromatic heterocycles. The number of nitrogens with one attached hydrogen (secondary N) is 3. The Hall–Kier alpha value is -2.95. The van der Waals surface area contributed by atoms with Crippen LogP contribution in [0.4, 0.5) is 11.4 Å². The molecule has 12 heteroatoms. The third kappa shape index (κ3) is 5.40. The largest absolute Gasteiger partial charge is 0.507 e. The number of aliphatic hydroxyl groups is 1. The fraction of sp³-hybridized carbons (Fsp3) is 0.364. The number of phenolic OH excluding ortho intramolecular Hbond substituents is 2. The predicted molar refractivity (Wildman–Crippen MR) is 126 cm³/mol. The first-order chi connectivity index (χ1) is 16.2. The molecule has 34 heavy (non-hydrogen) atoms. The van der Waals surface area contributed by atoms with Crippen molar-refractivity contribution < 1.29 is 38.9 Å². The van der Waals surface area contributed by atoms with Crippen LogP contribution in [0, 0.1) is 0 Å². The summed E-state index contributed by atoms with van der Waals surface area (Å²) in [7, 11) is -3.81. The first-order valence-electron chi connectivity index (χ1n) is 10.8. The SMILES string of the molecule is CCOP(=O)(O)CCNc1ccc(NCCNCCO)c2c1C(=O)c1c(O)ccc(O)c1C2=O. The molecule has 0 bridgehead atoms. The molecule has 0 amide bonds. The normalized spacial score (nSPS) is 14.3. The highest BCUT2D eigenvalue weighted by Crippen LogP contribution is 2.43. The van der Waals surface area contributed by atoms with Gasteiger partial charge in [0.15, 0.2) is 0 Å². The van der Waals surface area contributed by atoms with Crippen molar-refractivity contribution in [1.82, 2.24) is 5.32 Å². The summed E-state index contributed by atoms with van der Waals surface area (Å²) in [6.45, 7) is 2.89. The standard InChI is InChI=1S/C22H28N3O8P/c1-2-33-34(31,32)12-10-25-14-4-3-13(24-8-7-23-9-11-26)17-18(14)22(30)20-16(28)6-5-15(27)19(20)21(17)29/h3-6,23-28H,2,7-12H2,1H3,(H,31,32). The minimum absolute atomic E-state index is 0.0155. The van der Waals surface area contributed by atoms with E-state index in [0.717, 1.165) is 12.1 Å². The predicted octanol–water partition coefficient (Wildman–Crippen LogP) is 1.50. The van der Waals surface area contributed by atoms with E-state index in [1.807, 2.05) is 0 Å². The van der Waals surface area contributed by atoms with Crippen LogP contribution in [0.3, 0.4) is 0 Å². The summed E-state index contributed by atoms with van der Waals surface area (Å²) in [5.41, 5.74) is -0.00218. The van der Waals surface area contributed by atoms with Crippen LogP contribution in [0.25, 0.3) is 0 Å². The van der Waals surface area contributed by atoms with Gasteiger partial charge in [-0.05, 0) is 31.2 Å². The summed E-state index contributed by atoms with van der Waals surface area (Å²) in [6, 6.07) is 5.42. The molecule has 0 fully saturated rings. The smallest absolute Gasteiger partial charge is 0.329 e. The summed E-state index contributed by atoms with van der Waals surface area (Å²) < 4.78 is 16.8. The van der Waals surface area contributed by atoms with Crippen molar-refractivity contribution in [2.24, 2.45) is 0 Å². The quantitative estimate of drug-likeness (QED) is 0.110. The second-order valence-corrected chi connectivity index (χ2v) is 9.51. The van der Waals surface area contributed by atoms with Crippen LogP contribution < -0.4 is 16.0 Å². The van der Waals surface area contributed by atoms with E-state index in [-0.39, 0.29) is 53.9 Å². The zero-order chi connectivity index (χ0) is 24.9. The van der Waals surface area contributed by atoms with Crippen LogP contribution in [0.1, 0.15) is 38.8 Å². The number of anilines is 2. The number of rotatable bonds is 12. The monoisotopic (exact) mass is 493 g/mol. The van der Waals surface area contributed by atoms with Gasteiger partial charge in [-0.2, -0.15) is 0 Å².